The Kier molecular flexibility index (Phi) is 6.15. The van der Waals surface area contributed by atoms with Gasteiger partial charge in [0.2, 0.25) is 10.0 Å². The van der Waals surface area contributed by atoms with Gasteiger partial charge in [-0.1, -0.05) is 26.0 Å². The van der Waals surface area contributed by atoms with Crippen molar-refractivity contribution in [2.45, 2.75) is 31.7 Å². The highest BCUT2D eigenvalue weighted by molar-refractivity contribution is 7.89. The predicted molar refractivity (Wildman–Crippen MR) is 96.7 cm³/mol. The van der Waals surface area contributed by atoms with Crippen LogP contribution in [0.5, 0.6) is 0 Å². The third kappa shape index (κ3) is 4.03. The Balaban J connectivity index is 2.22. The van der Waals surface area contributed by atoms with Crippen molar-refractivity contribution in [1.29, 1.82) is 0 Å². The van der Waals surface area contributed by atoms with Crippen molar-refractivity contribution in [2.75, 3.05) is 13.1 Å². The summed E-state index contributed by atoms with van der Waals surface area (Å²) in [5, 5.41) is 4.85. The first-order chi connectivity index (χ1) is 11.4. The molecule has 2 aromatic rings. The van der Waals surface area contributed by atoms with Gasteiger partial charge in [-0.2, -0.15) is 4.31 Å². The standard InChI is InChI=1S/C17H22N2O3S2/c1-4-19(5-2)24(21,22)15-9-6-8-14(12-15)17(20)18-13(3)16-10-7-11-23-16/h6-13H,4-5H2,1-3H3,(H,18,20). The minimum Gasteiger partial charge on any atom is -0.345 e. The fourth-order valence-electron chi connectivity index (χ4n) is 2.40. The Bertz CT molecular complexity index is 782. The zero-order valence-corrected chi connectivity index (χ0v) is 15.7. The van der Waals surface area contributed by atoms with E-state index in [0.29, 0.717) is 18.7 Å². The molecule has 0 fully saturated rings. The maximum Gasteiger partial charge on any atom is 0.251 e. The summed E-state index contributed by atoms with van der Waals surface area (Å²) >= 11 is 1.57. The molecule has 130 valence electrons. The molecule has 0 saturated carbocycles. The number of sulfonamides is 1. The van der Waals surface area contributed by atoms with Crippen LogP contribution in [0, 0.1) is 0 Å². The number of carbonyl (C=O) groups excluding carboxylic acids is 1. The summed E-state index contributed by atoms with van der Waals surface area (Å²) in [7, 11) is -3.57. The fourth-order valence-corrected chi connectivity index (χ4v) is 4.64. The first-order valence-electron chi connectivity index (χ1n) is 7.84. The van der Waals surface area contributed by atoms with Crippen molar-refractivity contribution in [3.05, 3.63) is 52.2 Å². The van der Waals surface area contributed by atoms with Crippen molar-refractivity contribution in [3.8, 4) is 0 Å². The number of hydrogen-bond donors (Lipinski definition) is 1. The molecule has 0 saturated heterocycles. The van der Waals surface area contributed by atoms with E-state index >= 15 is 0 Å². The Hall–Kier alpha value is -1.70. The number of nitrogens with zero attached hydrogens (tertiary/aromatic N) is 1. The maximum atomic E-state index is 12.6. The van der Waals surface area contributed by atoms with Crippen LogP contribution in [0.4, 0.5) is 0 Å². The lowest BCUT2D eigenvalue weighted by Gasteiger charge is -2.19. The van der Waals surface area contributed by atoms with Crippen molar-refractivity contribution in [1.82, 2.24) is 9.62 Å². The molecule has 24 heavy (non-hydrogen) atoms. The van der Waals surface area contributed by atoms with Gasteiger partial charge in [-0.05, 0) is 36.6 Å². The Morgan fingerprint density at radius 2 is 1.92 bits per heavy atom. The summed E-state index contributed by atoms with van der Waals surface area (Å²) in [6, 6.07) is 9.94. The minimum atomic E-state index is -3.57. The third-order valence-electron chi connectivity index (χ3n) is 3.76. The van der Waals surface area contributed by atoms with E-state index < -0.39 is 10.0 Å². The quantitative estimate of drug-likeness (QED) is 0.818. The van der Waals surface area contributed by atoms with Gasteiger partial charge in [0.25, 0.3) is 5.91 Å². The smallest absolute Gasteiger partial charge is 0.251 e. The molecule has 0 bridgehead atoms. The highest BCUT2D eigenvalue weighted by Crippen LogP contribution is 2.20. The molecule has 7 heteroatoms. The van der Waals surface area contributed by atoms with Gasteiger partial charge in [-0.15, -0.1) is 11.3 Å². The molecule has 1 aromatic heterocycles. The molecule has 2 rings (SSSR count). The van der Waals surface area contributed by atoms with E-state index in [1.165, 1.54) is 16.4 Å². The second-order valence-corrected chi connectivity index (χ2v) is 8.24. The van der Waals surface area contributed by atoms with E-state index in [1.807, 2.05) is 24.4 Å². The molecule has 1 heterocycles. The van der Waals surface area contributed by atoms with Crippen molar-refractivity contribution >= 4 is 27.3 Å². The maximum absolute atomic E-state index is 12.6. The number of nitrogens with one attached hydrogen (secondary N) is 1. The van der Waals surface area contributed by atoms with Crippen LogP contribution in [0.2, 0.25) is 0 Å². The van der Waals surface area contributed by atoms with Crippen LogP contribution in [0.1, 0.15) is 42.0 Å². The van der Waals surface area contributed by atoms with Gasteiger partial charge in [-0.25, -0.2) is 8.42 Å². The summed E-state index contributed by atoms with van der Waals surface area (Å²) in [6.07, 6.45) is 0. The van der Waals surface area contributed by atoms with Crippen LogP contribution in [-0.4, -0.2) is 31.7 Å². The third-order valence-corrected chi connectivity index (χ3v) is 6.86. The van der Waals surface area contributed by atoms with Crippen LogP contribution in [0.3, 0.4) is 0 Å². The SMILES string of the molecule is CCN(CC)S(=O)(=O)c1cccc(C(=O)NC(C)c2cccs2)c1. The van der Waals surface area contributed by atoms with Crippen LogP contribution < -0.4 is 5.32 Å². The number of benzene rings is 1. The summed E-state index contributed by atoms with van der Waals surface area (Å²) in [6.45, 7) is 6.27. The van der Waals surface area contributed by atoms with Crippen molar-refractivity contribution in [2.24, 2.45) is 0 Å². The lowest BCUT2D eigenvalue weighted by Crippen LogP contribution is -2.31. The highest BCUT2D eigenvalue weighted by atomic mass is 32.2. The average molecular weight is 367 g/mol. The van der Waals surface area contributed by atoms with E-state index in [4.69, 9.17) is 0 Å². The molecule has 0 aliphatic rings. The Morgan fingerprint density at radius 1 is 1.21 bits per heavy atom. The molecule has 1 amide bonds. The Labute approximate surface area is 147 Å². The monoisotopic (exact) mass is 366 g/mol. The fraction of sp³-hybridized carbons (Fsp3) is 0.353. The second kappa shape index (κ2) is 7.92. The van der Waals surface area contributed by atoms with Gasteiger partial charge in [0.15, 0.2) is 0 Å². The zero-order valence-electron chi connectivity index (χ0n) is 14.0. The molecular formula is C17H22N2O3S2. The second-order valence-electron chi connectivity index (χ2n) is 5.33. The first-order valence-corrected chi connectivity index (χ1v) is 10.2. The summed E-state index contributed by atoms with van der Waals surface area (Å²) in [4.78, 5) is 13.6. The summed E-state index contributed by atoms with van der Waals surface area (Å²) < 4.78 is 26.5. The van der Waals surface area contributed by atoms with Crippen LogP contribution >= 0.6 is 11.3 Å². The molecular weight excluding hydrogens is 344 g/mol. The first kappa shape index (κ1) is 18.6. The zero-order chi connectivity index (χ0) is 17.7. The van der Waals surface area contributed by atoms with Gasteiger partial charge >= 0.3 is 0 Å². The minimum absolute atomic E-state index is 0.124. The van der Waals surface area contributed by atoms with E-state index in [1.54, 1.807) is 37.3 Å². The molecule has 0 spiro atoms. The molecule has 5 nitrogen and oxygen atoms in total. The predicted octanol–water partition coefficient (Wildman–Crippen LogP) is 3.27. The number of thiophene rings is 1. The molecule has 0 aliphatic heterocycles. The molecule has 0 radical (unpaired) electrons. The molecule has 1 aromatic carbocycles. The number of amides is 1. The topological polar surface area (TPSA) is 66.5 Å². The van der Waals surface area contributed by atoms with Gasteiger partial charge < -0.3 is 5.32 Å². The van der Waals surface area contributed by atoms with Gasteiger partial charge in [-0.3, -0.25) is 4.79 Å². The van der Waals surface area contributed by atoms with Crippen molar-refractivity contribution < 1.29 is 13.2 Å². The average Bonchev–Trinajstić information content (AvgIpc) is 3.10. The van der Waals surface area contributed by atoms with Crippen molar-refractivity contribution in [3.63, 3.8) is 0 Å². The highest BCUT2D eigenvalue weighted by Gasteiger charge is 2.22. The number of rotatable bonds is 7. The molecule has 1 N–H and O–H groups in total. The summed E-state index contributed by atoms with van der Waals surface area (Å²) in [5.41, 5.74) is 0.339. The number of carbonyl (C=O) groups is 1. The number of hydrogen-bond acceptors (Lipinski definition) is 4. The van der Waals surface area contributed by atoms with Crippen LogP contribution in [0.25, 0.3) is 0 Å². The van der Waals surface area contributed by atoms with Gasteiger partial charge in [0.1, 0.15) is 0 Å². The molecule has 1 unspecified atom stereocenters. The normalized spacial score (nSPS) is 13.0. The lowest BCUT2D eigenvalue weighted by atomic mass is 10.2. The van der Waals surface area contributed by atoms with Gasteiger partial charge in [0.05, 0.1) is 10.9 Å². The van der Waals surface area contributed by atoms with E-state index in [2.05, 4.69) is 5.32 Å². The summed E-state index contributed by atoms with van der Waals surface area (Å²) in [5.74, 6) is -0.285. The molecule has 0 aliphatic carbocycles. The van der Waals surface area contributed by atoms with Crippen LogP contribution in [0.15, 0.2) is 46.7 Å². The molecule has 1 atom stereocenters. The lowest BCUT2D eigenvalue weighted by molar-refractivity contribution is 0.0940. The van der Waals surface area contributed by atoms with E-state index in [-0.39, 0.29) is 16.8 Å². The van der Waals surface area contributed by atoms with Crippen LogP contribution in [-0.2, 0) is 10.0 Å². The van der Waals surface area contributed by atoms with E-state index in [9.17, 15) is 13.2 Å². The largest absolute Gasteiger partial charge is 0.345 e. The van der Waals surface area contributed by atoms with E-state index in [0.717, 1.165) is 4.88 Å². The van der Waals surface area contributed by atoms with Gasteiger partial charge in [0, 0.05) is 23.5 Å². The Morgan fingerprint density at radius 3 is 2.50 bits per heavy atom.